The lowest BCUT2D eigenvalue weighted by Gasteiger charge is -2.06. The number of ether oxygens (including phenoxy) is 1. The summed E-state index contributed by atoms with van der Waals surface area (Å²) in [7, 11) is 1.53. The Balaban J connectivity index is 0.00000289. The minimum absolute atomic E-state index is 0. The van der Waals surface area contributed by atoms with Crippen LogP contribution in [0, 0.1) is 5.82 Å². The molecule has 7 nitrogen and oxygen atoms in total. The van der Waals surface area contributed by atoms with Crippen molar-refractivity contribution in [3.05, 3.63) is 22.5 Å². The van der Waals surface area contributed by atoms with Crippen molar-refractivity contribution >= 4 is 11.8 Å². The molecule has 102 valence electrons. The molecule has 0 spiro atoms. The number of nitrogen functional groups attached to an aromatic ring is 1. The van der Waals surface area contributed by atoms with Gasteiger partial charge in [-0.25, -0.2) is 18.5 Å². The van der Waals surface area contributed by atoms with Crippen LogP contribution in [0.15, 0.2) is 11.0 Å². The minimum atomic E-state index is -0.923. The van der Waals surface area contributed by atoms with Gasteiger partial charge in [-0.2, -0.15) is 4.98 Å². The molecule has 1 rings (SSSR count). The maximum Gasteiger partial charge on any atom is 0.357 e. The highest BCUT2D eigenvalue weighted by molar-refractivity contribution is 5.76. The van der Waals surface area contributed by atoms with E-state index in [0.29, 0.717) is 30.3 Å². The molecule has 0 atom stereocenters. The summed E-state index contributed by atoms with van der Waals surface area (Å²) in [5.74, 6) is -1.45. The van der Waals surface area contributed by atoms with E-state index in [1.54, 1.807) is 0 Å². The van der Waals surface area contributed by atoms with Crippen LogP contribution in [0.3, 0.4) is 0 Å². The lowest BCUT2D eigenvalue weighted by molar-refractivity contribution is 0.193. The molecule has 8 heteroatoms. The molecule has 0 aliphatic rings. The number of aromatic nitrogens is 2. The maximum atomic E-state index is 13.0. The quantitative estimate of drug-likeness (QED) is 0.753. The molecule has 1 amide bonds. The highest BCUT2D eigenvalue weighted by atomic mass is 19.1. The predicted octanol–water partition coefficient (Wildman–Crippen LogP) is 0.195. The Labute approximate surface area is 104 Å². The normalized spacial score (nSPS) is 9.67. The molecular weight excluding hydrogens is 243 g/mol. The first-order valence-corrected chi connectivity index (χ1v) is 4.88. The first kappa shape index (κ1) is 16.0. The number of hydrogen-bond acceptors (Lipinski definition) is 5. The first-order chi connectivity index (χ1) is 8.06. The third-order valence-corrected chi connectivity index (χ3v) is 1.93. The standard InChI is InChI=1S/C9H13FN4O3.CH4/c1-17-4-2-3-12-8(15)14-5-6(10)7(11)13-9(14)16;/h5H,2-4H2,1H3,(H,12,15)(H2,11,13,16);1H4. The fourth-order valence-corrected chi connectivity index (χ4v) is 1.09. The van der Waals surface area contributed by atoms with Gasteiger partial charge in [0.25, 0.3) is 0 Å². The number of halogens is 1. The summed E-state index contributed by atoms with van der Waals surface area (Å²) in [5.41, 5.74) is 4.16. The number of anilines is 1. The molecule has 0 aromatic carbocycles. The van der Waals surface area contributed by atoms with Crippen LogP contribution in [0.2, 0.25) is 0 Å². The molecule has 0 radical (unpaired) electrons. The molecular formula is C10H17FN4O3. The lowest BCUT2D eigenvalue weighted by Crippen LogP contribution is -2.38. The lowest BCUT2D eigenvalue weighted by atomic mass is 10.4. The molecule has 0 saturated heterocycles. The summed E-state index contributed by atoms with van der Waals surface area (Å²) in [6.45, 7) is 0.786. The zero-order valence-corrected chi connectivity index (χ0v) is 9.27. The number of nitrogens with two attached hydrogens (primary N) is 1. The van der Waals surface area contributed by atoms with Gasteiger partial charge in [0, 0.05) is 20.3 Å². The number of hydrogen-bond donors (Lipinski definition) is 2. The van der Waals surface area contributed by atoms with Gasteiger partial charge in [-0.3, -0.25) is 0 Å². The van der Waals surface area contributed by atoms with E-state index < -0.39 is 23.4 Å². The van der Waals surface area contributed by atoms with Gasteiger partial charge in [0.1, 0.15) is 0 Å². The van der Waals surface area contributed by atoms with Gasteiger partial charge in [-0.15, -0.1) is 0 Å². The van der Waals surface area contributed by atoms with Crippen molar-refractivity contribution in [1.29, 1.82) is 0 Å². The van der Waals surface area contributed by atoms with Crippen molar-refractivity contribution in [2.75, 3.05) is 26.0 Å². The van der Waals surface area contributed by atoms with E-state index in [2.05, 4.69) is 10.3 Å². The van der Waals surface area contributed by atoms with Gasteiger partial charge >= 0.3 is 11.7 Å². The molecule has 1 aromatic rings. The first-order valence-electron chi connectivity index (χ1n) is 4.88. The molecule has 18 heavy (non-hydrogen) atoms. The molecule has 0 bridgehead atoms. The van der Waals surface area contributed by atoms with Gasteiger partial charge in [0.05, 0.1) is 6.20 Å². The molecule has 0 aliphatic carbocycles. The SMILES string of the molecule is C.COCCCNC(=O)n1cc(F)c(N)nc1=O. The van der Waals surface area contributed by atoms with E-state index in [0.717, 1.165) is 0 Å². The van der Waals surface area contributed by atoms with Crippen LogP contribution in [0.4, 0.5) is 15.0 Å². The molecule has 0 fully saturated rings. The molecule has 1 aromatic heterocycles. The summed E-state index contributed by atoms with van der Waals surface area (Å²) in [6.07, 6.45) is 1.29. The fraction of sp³-hybridized carbons (Fsp3) is 0.500. The zero-order chi connectivity index (χ0) is 12.8. The molecule has 1 heterocycles. The van der Waals surface area contributed by atoms with Crippen molar-refractivity contribution in [2.24, 2.45) is 0 Å². The van der Waals surface area contributed by atoms with Crippen LogP contribution in [0.1, 0.15) is 13.8 Å². The Morgan fingerprint density at radius 2 is 2.33 bits per heavy atom. The third kappa shape index (κ3) is 4.13. The average Bonchev–Trinajstić information content (AvgIpc) is 2.29. The number of nitrogens with one attached hydrogen (secondary N) is 1. The van der Waals surface area contributed by atoms with E-state index in [1.807, 2.05) is 0 Å². The molecule has 3 N–H and O–H groups in total. The van der Waals surface area contributed by atoms with E-state index in [1.165, 1.54) is 7.11 Å². The Bertz CT molecular complexity index is 461. The number of carbonyl (C=O) groups is 1. The summed E-state index contributed by atoms with van der Waals surface area (Å²) in [4.78, 5) is 25.9. The van der Waals surface area contributed by atoms with E-state index in [9.17, 15) is 14.0 Å². The zero-order valence-electron chi connectivity index (χ0n) is 9.27. The van der Waals surface area contributed by atoms with Gasteiger partial charge in [-0.1, -0.05) is 7.43 Å². The third-order valence-electron chi connectivity index (χ3n) is 1.93. The summed E-state index contributed by atoms with van der Waals surface area (Å²) in [6, 6.07) is -0.752. The highest BCUT2D eigenvalue weighted by Crippen LogP contribution is 2.00. The van der Waals surface area contributed by atoms with Crippen LogP contribution in [-0.4, -0.2) is 35.8 Å². The van der Waals surface area contributed by atoms with Gasteiger partial charge in [0.2, 0.25) is 0 Å². The maximum absolute atomic E-state index is 13.0. The number of carbonyl (C=O) groups excluding carboxylic acids is 1. The Kier molecular flexibility index (Phi) is 6.58. The highest BCUT2D eigenvalue weighted by Gasteiger charge is 2.10. The van der Waals surface area contributed by atoms with Crippen LogP contribution < -0.4 is 16.7 Å². The Morgan fingerprint density at radius 1 is 1.67 bits per heavy atom. The summed E-state index contributed by atoms with van der Waals surface area (Å²) >= 11 is 0. The van der Waals surface area contributed by atoms with E-state index in [-0.39, 0.29) is 7.43 Å². The van der Waals surface area contributed by atoms with Gasteiger partial charge < -0.3 is 15.8 Å². The smallest absolute Gasteiger partial charge is 0.357 e. The van der Waals surface area contributed by atoms with Crippen LogP contribution in [0.25, 0.3) is 0 Å². The average molecular weight is 260 g/mol. The van der Waals surface area contributed by atoms with Gasteiger partial charge in [-0.05, 0) is 6.42 Å². The second-order valence-electron chi connectivity index (χ2n) is 3.20. The van der Waals surface area contributed by atoms with Crippen LogP contribution in [-0.2, 0) is 4.74 Å². The van der Waals surface area contributed by atoms with Gasteiger partial charge in [0.15, 0.2) is 11.6 Å². The number of methoxy groups -OCH3 is 1. The molecule has 0 aliphatic heterocycles. The van der Waals surface area contributed by atoms with Crippen LogP contribution in [0.5, 0.6) is 0 Å². The Hall–Kier alpha value is -1.96. The van der Waals surface area contributed by atoms with Crippen molar-refractivity contribution in [3.63, 3.8) is 0 Å². The Morgan fingerprint density at radius 3 is 2.94 bits per heavy atom. The number of rotatable bonds is 4. The molecule has 0 saturated carbocycles. The van der Waals surface area contributed by atoms with Crippen LogP contribution >= 0.6 is 0 Å². The largest absolute Gasteiger partial charge is 0.385 e. The number of nitrogens with zero attached hydrogens (tertiary/aromatic N) is 2. The minimum Gasteiger partial charge on any atom is -0.385 e. The topological polar surface area (TPSA) is 99.2 Å². The molecule has 0 unspecified atom stereocenters. The van der Waals surface area contributed by atoms with Crippen molar-refractivity contribution in [1.82, 2.24) is 14.9 Å². The number of amides is 1. The van der Waals surface area contributed by atoms with E-state index in [4.69, 9.17) is 10.5 Å². The van der Waals surface area contributed by atoms with Crippen molar-refractivity contribution in [3.8, 4) is 0 Å². The van der Waals surface area contributed by atoms with E-state index >= 15 is 0 Å². The van der Waals surface area contributed by atoms with Crippen molar-refractivity contribution in [2.45, 2.75) is 13.8 Å². The second kappa shape index (κ2) is 7.38. The van der Waals surface area contributed by atoms with Crippen molar-refractivity contribution < 1.29 is 13.9 Å². The predicted molar refractivity (Wildman–Crippen MR) is 64.9 cm³/mol. The monoisotopic (exact) mass is 260 g/mol. The second-order valence-corrected chi connectivity index (χ2v) is 3.20. The fourth-order valence-electron chi connectivity index (χ4n) is 1.09. The summed E-state index contributed by atoms with van der Waals surface area (Å²) in [5, 5.41) is 2.42. The summed E-state index contributed by atoms with van der Waals surface area (Å²) < 4.78 is 18.3.